The van der Waals surface area contributed by atoms with Gasteiger partial charge in [0.2, 0.25) is 11.6 Å². The number of hydrogen-bond acceptors (Lipinski definition) is 4. The molecule has 0 saturated heterocycles. The minimum Gasteiger partial charge on any atom is -0.507 e. The van der Waals surface area contributed by atoms with Gasteiger partial charge in [-0.1, -0.05) is 243 Å². The smallest absolute Gasteiger partial charge is 0.200 e. The summed E-state index contributed by atoms with van der Waals surface area (Å²) >= 11 is 0. The first-order valence-electron chi connectivity index (χ1n) is 26.7. The van der Waals surface area contributed by atoms with Gasteiger partial charge in [0.05, 0.1) is 0 Å². The molecule has 2 N–H and O–H groups in total. The summed E-state index contributed by atoms with van der Waals surface area (Å²) in [6, 6.07) is 76.4. The first-order chi connectivity index (χ1) is 41.7. The normalized spacial score (nSPS) is 11.8. The Labute approximate surface area is 488 Å². The van der Waals surface area contributed by atoms with Crippen LogP contribution in [0.5, 0.6) is 11.5 Å². The van der Waals surface area contributed by atoms with Crippen LogP contribution in [0.3, 0.4) is 0 Å². The first kappa shape index (κ1) is 57.6. The van der Waals surface area contributed by atoms with Gasteiger partial charge in [-0.3, -0.25) is 0 Å². The van der Waals surface area contributed by atoms with Gasteiger partial charge in [-0.15, -0.1) is 0 Å². The minimum absolute atomic E-state index is 0.0803. The number of halogens is 10. The Morgan fingerprint density at radius 2 is 0.477 bits per heavy atom. The largest absolute Gasteiger partial charge is 0.507 e. The van der Waals surface area contributed by atoms with Crippen molar-refractivity contribution >= 4 is 103 Å². The van der Waals surface area contributed by atoms with Gasteiger partial charge in [0.1, 0.15) is 22.9 Å². The summed E-state index contributed by atoms with van der Waals surface area (Å²) in [6.45, 7) is 0. The lowest BCUT2D eigenvalue weighted by atomic mass is 10.0. The Hall–Kier alpha value is -10.2. The zero-order chi connectivity index (χ0) is 60.3. The fraction of sp³-hybridized carbons (Fsp3) is 0. The lowest BCUT2D eigenvalue weighted by molar-refractivity contribution is 0.381. The quantitative estimate of drug-likeness (QED) is 0.0320. The molecule has 0 radical (unpaired) electrons. The molecule has 86 heavy (non-hydrogen) atoms. The fourth-order valence-corrected chi connectivity index (χ4v) is 21.0. The summed E-state index contributed by atoms with van der Waals surface area (Å²) in [5, 5.41) is 33.5. The molecule has 0 bridgehead atoms. The van der Waals surface area contributed by atoms with Crippen molar-refractivity contribution < 1.29 is 54.1 Å². The van der Waals surface area contributed by atoms with E-state index in [9.17, 15) is 54.1 Å². The number of benzene rings is 12. The minimum atomic E-state index is -3.28. The van der Waals surface area contributed by atoms with Gasteiger partial charge in [0.15, 0.2) is 62.7 Å². The van der Waals surface area contributed by atoms with E-state index in [-0.39, 0.29) is 22.6 Å². The van der Waals surface area contributed by atoms with Crippen LogP contribution in [-0.4, -0.2) is 38.8 Å². The molecule has 0 aromatic heterocycles. The van der Waals surface area contributed by atoms with Gasteiger partial charge in [0, 0.05) is 23.6 Å². The summed E-state index contributed by atoms with van der Waals surface area (Å²) in [5.41, 5.74) is -2.53. The highest BCUT2D eigenvalue weighted by molar-refractivity contribution is 7.21. The van der Waals surface area contributed by atoms with Gasteiger partial charge in [-0.05, 0) is 63.0 Å². The van der Waals surface area contributed by atoms with Crippen molar-refractivity contribution in [2.75, 3.05) is 0 Å². The molecule has 424 valence electrons. The van der Waals surface area contributed by atoms with Crippen molar-refractivity contribution in [2.24, 2.45) is 9.98 Å². The molecule has 12 aromatic rings. The van der Waals surface area contributed by atoms with Gasteiger partial charge >= 0.3 is 0 Å². The summed E-state index contributed by atoms with van der Waals surface area (Å²) in [7, 11) is -6.56. The number of phenols is 2. The molecule has 0 spiro atoms. The molecule has 0 aliphatic carbocycles. The Morgan fingerprint density at radius 3 is 0.721 bits per heavy atom. The van der Waals surface area contributed by atoms with E-state index >= 15 is 0 Å². The van der Waals surface area contributed by atoms with E-state index in [1.54, 1.807) is 24.3 Å². The van der Waals surface area contributed by atoms with E-state index in [1.165, 1.54) is 0 Å². The maximum atomic E-state index is 14.6. The fourth-order valence-electron chi connectivity index (χ4n) is 11.3. The Balaban J connectivity index is 0.000000179. The van der Waals surface area contributed by atoms with Crippen LogP contribution >= 0.6 is 0 Å². The molecule has 12 aromatic carbocycles. The number of fused-ring (bicyclic) bond motifs is 2. The summed E-state index contributed by atoms with van der Waals surface area (Å²) in [5.74, 6) is -21.6. The van der Waals surface area contributed by atoms with Crippen molar-refractivity contribution in [3.05, 3.63) is 312 Å². The van der Waals surface area contributed by atoms with Gasteiger partial charge in [0.25, 0.3) is 0 Å². The standard InChI is InChI=1S/2C35H22F5NOSi/c2*36-29-30(37)32(39)34(33(40)31(29)38)41-21-27-26-19-11-10-12-22(26)20-28(35(27)42)43(23-13-4-1-5-14-23,24-15-6-2-7-16-24)25-17-8-3-9-18-25/h2*1-21,42H. The van der Waals surface area contributed by atoms with E-state index in [1.807, 2.05) is 218 Å². The van der Waals surface area contributed by atoms with Crippen LogP contribution in [-0.2, 0) is 0 Å². The number of aromatic hydroxyl groups is 2. The highest BCUT2D eigenvalue weighted by atomic mass is 28.3. The van der Waals surface area contributed by atoms with E-state index < -0.39 is 85.7 Å². The molecular formula is C70H44F10N2O2Si2. The summed E-state index contributed by atoms with van der Waals surface area (Å²) in [4.78, 5) is 7.45. The second-order valence-electron chi connectivity index (χ2n) is 19.9. The maximum Gasteiger partial charge on any atom is 0.200 e. The molecule has 0 aliphatic rings. The van der Waals surface area contributed by atoms with E-state index in [0.29, 0.717) is 31.9 Å². The van der Waals surface area contributed by atoms with Crippen molar-refractivity contribution in [3.63, 3.8) is 0 Å². The second kappa shape index (κ2) is 24.2. The average Bonchev–Trinajstić information content (AvgIpc) is 1.17. The van der Waals surface area contributed by atoms with Crippen LogP contribution in [0.1, 0.15) is 11.1 Å². The lowest BCUT2D eigenvalue weighted by Crippen LogP contribution is -2.74. The van der Waals surface area contributed by atoms with Crippen LogP contribution in [0.4, 0.5) is 55.3 Å². The Morgan fingerprint density at radius 1 is 0.267 bits per heavy atom. The number of phenolic OH excluding ortho intramolecular Hbond substituents is 2. The maximum absolute atomic E-state index is 14.6. The molecule has 0 atom stereocenters. The van der Waals surface area contributed by atoms with Crippen molar-refractivity contribution in [3.8, 4) is 11.5 Å². The first-order valence-corrected chi connectivity index (χ1v) is 30.7. The van der Waals surface area contributed by atoms with Crippen LogP contribution in [0.2, 0.25) is 0 Å². The van der Waals surface area contributed by atoms with Gasteiger partial charge in [-0.2, -0.15) is 0 Å². The zero-order valence-electron chi connectivity index (χ0n) is 44.8. The molecule has 0 amide bonds. The topological polar surface area (TPSA) is 65.2 Å². The third-order valence-electron chi connectivity index (χ3n) is 15.2. The van der Waals surface area contributed by atoms with Crippen LogP contribution in [0, 0.1) is 58.2 Å². The number of aliphatic imine (C=N–C) groups is 2. The van der Waals surface area contributed by atoms with Crippen molar-refractivity contribution in [2.45, 2.75) is 0 Å². The molecule has 0 heterocycles. The van der Waals surface area contributed by atoms with Crippen molar-refractivity contribution in [1.29, 1.82) is 0 Å². The monoisotopic (exact) mass is 1190 g/mol. The molecule has 4 nitrogen and oxygen atoms in total. The highest BCUT2D eigenvalue weighted by Gasteiger charge is 2.46. The van der Waals surface area contributed by atoms with E-state index in [2.05, 4.69) is 9.98 Å². The number of hydrogen-bond donors (Lipinski definition) is 2. The lowest BCUT2D eigenvalue weighted by Gasteiger charge is -2.35. The number of nitrogens with zero attached hydrogens (tertiary/aromatic N) is 2. The molecule has 0 unspecified atom stereocenters. The highest BCUT2D eigenvalue weighted by Crippen LogP contribution is 2.34. The zero-order valence-corrected chi connectivity index (χ0v) is 46.8. The molecule has 0 fully saturated rings. The average molecular weight is 1190 g/mol. The Bertz CT molecular complexity index is 4010. The molecule has 0 aliphatic heterocycles. The predicted molar refractivity (Wildman–Crippen MR) is 325 cm³/mol. The third kappa shape index (κ3) is 10.0. The van der Waals surface area contributed by atoms with Crippen molar-refractivity contribution in [1.82, 2.24) is 0 Å². The SMILES string of the molecule is Oc1c([Si](c2ccccc2)(c2ccccc2)c2ccccc2)cc2ccccc2c1C=Nc1c(F)c(F)c(F)c(F)c1F.Oc1c([Si](c2ccccc2)(c2ccccc2)c2ccccc2)cc2ccccc2c1C=Nc1c(F)c(F)c(F)c(F)c1F. The third-order valence-corrected chi connectivity index (χ3v) is 24.8. The van der Waals surface area contributed by atoms with E-state index in [4.69, 9.17) is 0 Å². The van der Waals surface area contributed by atoms with E-state index in [0.717, 1.165) is 43.5 Å². The molecular weight excluding hydrogens is 1150 g/mol. The summed E-state index contributed by atoms with van der Waals surface area (Å²) < 4.78 is 141. The van der Waals surface area contributed by atoms with Gasteiger partial charge in [-0.25, -0.2) is 53.9 Å². The molecule has 16 heteroatoms. The number of rotatable bonds is 12. The molecule has 0 saturated carbocycles. The second-order valence-corrected chi connectivity index (χ2v) is 27.4. The molecule has 12 rings (SSSR count). The van der Waals surface area contributed by atoms with Crippen LogP contribution in [0.15, 0.2) is 253 Å². The van der Waals surface area contributed by atoms with Crippen LogP contribution in [0.25, 0.3) is 21.5 Å². The van der Waals surface area contributed by atoms with Crippen LogP contribution < -0.4 is 41.5 Å². The summed E-state index contributed by atoms with van der Waals surface area (Å²) in [6.07, 6.45) is 1.92. The predicted octanol–water partition coefficient (Wildman–Crippen LogP) is 12.7. The van der Waals surface area contributed by atoms with Gasteiger partial charge < -0.3 is 10.2 Å². The Kier molecular flexibility index (Phi) is 16.2.